The zero-order valence-electron chi connectivity index (χ0n) is 10.7. The summed E-state index contributed by atoms with van der Waals surface area (Å²) in [6, 6.07) is 7.05. The van der Waals surface area contributed by atoms with E-state index in [4.69, 9.17) is 10.8 Å². The molecular weight excluding hydrogens is 232 g/mol. The second-order valence-electron chi connectivity index (χ2n) is 4.64. The molecule has 0 spiro atoms. The summed E-state index contributed by atoms with van der Waals surface area (Å²) in [5.41, 5.74) is 6.98. The molecule has 0 fully saturated rings. The van der Waals surface area contributed by atoms with Crippen LogP contribution >= 0.6 is 0 Å². The van der Waals surface area contributed by atoms with Crippen LogP contribution in [0, 0.1) is 5.92 Å². The topological polar surface area (TPSA) is 86.8 Å². The monoisotopic (exact) mass is 252 g/mol. The summed E-state index contributed by atoms with van der Waals surface area (Å²) in [7, 11) is 0. The third-order valence-electron chi connectivity index (χ3n) is 2.78. The Balaban J connectivity index is 2.91. The van der Waals surface area contributed by atoms with Gasteiger partial charge in [-0.05, 0) is 18.1 Å². The van der Waals surface area contributed by atoms with Crippen molar-refractivity contribution < 1.29 is 15.0 Å². The van der Waals surface area contributed by atoms with Crippen LogP contribution in [0.25, 0.3) is 0 Å². The smallest absolute Gasteiger partial charge is 0.323 e. The minimum Gasteiger partial charge on any atom is -0.480 e. The lowest BCUT2D eigenvalue weighted by molar-refractivity contribution is -0.135. The predicted octanol–water partition coefficient (Wildman–Crippen LogP) is 1.18. The number of nitrogen functional groups attached to an aromatic ring is 1. The summed E-state index contributed by atoms with van der Waals surface area (Å²) in [6.45, 7) is 3.84. The molecule has 0 saturated heterocycles. The molecule has 0 amide bonds. The summed E-state index contributed by atoms with van der Waals surface area (Å²) < 4.78 is 0. The number of aliphatic hydroxyl groups is 1. The number of carboxylic acid groups (broad SMARTS) is 1. The van der Waals surface area contributed by atoms with Crippen LogP contribution in [0.3, 0.4) is 0 Å². The molecule has 0 aliphatic carbocycles. The number of anilines is 2. The van der Waals surface area contributed by atoms with Crippen molar-refractivity contribution in [3.63, 3.8) is 0 Å². The first kappa shape index (κ1) is 14.3. The number of benzene rings is 1. The zero-order chi connectivity index (χ0) is 13.7. The van der Waals surface area contributed by atoms with Crippen LogP contribution in [0.2, 0.25) is 0 Å². The minimum absolute atomic E-state index is 0.0613. The molecule has 0 aliphatic heterocycles. The quantitative estimate of drug-likeness (QED) is 0.662. The minimum atomic E-state index is -0.950. The van der Waals surface area contributed by atoms with Crippen LogP contribution in [0.15, 0.2) is 24.3 Å². The second-order valence-corrected chi connectivity index (χ2v) is 4.64. The van der Waals surface area contributed by atoms with Crippen LogP contribution in [-0.4, -0.2) is 35.4 Å². The normalized spacial score (nSPS) is 12.4. The van der Waals surface area contributed by atoms with Crippen molar-refractivity contribution in [3.05, 3.63) is 24.3 Å². The maximum Gasteiger partial charge on any atom is 0.323 e. The number of hydrogen-bond acceptors (Lipinski definition) is 4. The zero-order valence-corrected chi connectivity index (χ0v) is 10.7. The average molecular weight is 252 g/mol. The molecule has 0 bridgehead atoms. The number of aliphatic carboxylic acids is 1. The third-order valence-corrected chi connectivity index (χ3v) is 2.78. The van der Waals surface area contributed by atoms with Crippen LogP contribution in [0.5, 0.6) is 0 Å². The first-order chi connectivity index (χ1) is 8.41. The Morgan fingerprint density at radius 1 is 1.39 bits per heavy atom. The highest BCUT2D eigenvalue weighted by Crippen LogP contribution is 2.23. The fraction of sp³-hybridized carbons (Fsp3) is 0.462. The molecule has 5 nitrogen and oxygen atoms in total. The Bertz CT molecular complexity index is 407. The van der Waals surface area contributed by atoms with Gasteiger partial charge in [-0.3, -0.25) is 4.79 Å². The molecule has 1 rings (SSSR count). The van der Waals surface area contributed by atoms with E-state index in [9.17, 15) is 9.90 Å². The van der Waals surface area contributed by atoms with E-state index in [1.807, 2.05) is 13.8 Å². The lowest BCUT2D eigenvalue weighted by Gasteiger charge is -2.28. The Hall–Kier alpha value is -1.75. The standard InChI is InChI=1S/C13H20N2O3/c1-9(2)12(16)7-15(8-13(17)18)11-6-4-3-5-10(11)14/h3-6,9,12,16H,7-8,14H2,1-2H3,(H,17,18). The molecule has 1 aromatic rings. The van der Waals surface area contributed by atoms with E-state index in [-0.39, 0.29) is 19.0 Å². The highest BCUT2D eigenvalue weighted by molar-refractivity contribution is 5.77. The van der Waals surface area contributed by atoms with Gasteiger partial charge in [0.2, 0.25) is 0 Å². The molecule has 4 N–H and O–H groups in total. The molecule has 1 aromatic carbocycles. The van der Waals surface area contributed by atoms with Crippen molar-refractivity contribution in [1.82, 2.24) is 0 Å². The Kier molecular flexibility index (Phi) is 4.97. The van der Waals surface area contributed by atoms with Gasteiger partial charge in [0.1, 0.15) is 6.54 Å². The van der Waals surface area contributed by atoms with E-state index in [2.05, 4.69) is 0 Å². The van der Waals surface area contributed by atoms with Crippen molar-refractivity contribution in [2.24, 2.45) is 5.92 Å². The Morgan fingerprint density at radius 2 is 2.00 bits per heavy atom. The largest absolute Gasteiger partial charge is 0.480 e. The number of carbonyl (C=O) groups is 1. The predicted molar refractivity (Wildman–Crippen MR) is 71.5 cm³/mol. The Labute approximate surface area is 107 Å². The molecule has 1 unspecified atom stereocenters. The van der Waals surface area contributed by atoms with Gasteiger partial charge in [-0.15, -0.1) is 0 Å². The lowest BCUT2D eigenvalue weighted by atomic mass is 10.1. The van der Waals surface area contributed by atoms with Crippen LogP contribution in [0.1, 0.15) is 13.8 Å². The third kappa shape index (κ3) is 3.92. The van der Waals surface area contributed by atoms with Crippen molar-refractivity contribution in [3.8, 4) is 0 Å². The molecule has 0 radical (unpaired) electrons. The number of para-hydroxylation sites is 2. The summed E-state index contributed by atoms with van der Waals surface area (Å²) in [4.78, 5) is 12.5. The SMILES string of the molecule is CC(C)C(O)CN(CC(=O)O)c1ccccc1N. The molecule has 0 aromatic heterocycles. The summed E-state index contributed by atoms with van der Waals surface area (Å²) in [5, 5.41) is 18.8. The second kappa shape index (κ2) is 6.26. The molecule has 100 valence electrons. The van der Waals surface area contributed by atoms with Crippen LogP contribution in [-0.2, 0) is 4.79 Å². The van der Waals surface area contributed by atoms with E-state index in [0.717, 1.165) is 0 Å². The fourth-order valence-corrected chi connectivity index (χ4v) is 1.62. The molecular formula is C13H20N2O3. The van der Waals surface area contributed by atoms with E-state index in [1.54, 1.807) is 29.2 Å². The van der Waals surface area contributed by atoms with Gasteiger partial charge >= 0.3 is 5.97 Å². The van der Waals surface area contributed by atoms with Crippen LogP contribution in [0.4, 0.5) is 11.4 Å². The molecule has 18 heavy (non-hydrogen) atoms. The highest BCUT2D eigenvalue weighted by atomic mass is 16.4. The maximum atomic E-state index is 10.9. The van der Waals surface area contributed by atoms with Gasteiger partial charge in [-0.2, -0.15) is 0 Å². The van der Waals surface area contributed by atoms with Gasteiger partial charge in [-0.25, -0.2) is 0 Å². The van der Waals surface area contributed by atoms with E-state index < -0.39 is 12.1 Å². The van der Waals surface area contributed by atoms with Crippen molar-refractivity contribution in [2.45, 2.75) is 20.0 Å². The fourth-order valence-electron chi connectivity index (χ4n) is 1.62. The van der Waals surface area contributed by atoms with E-state index in [0.29, 0.717) is 11.4 Å². The number of rotatable bonds is 6. The van der Waals surface area contributed by atoms with Crippen molar-refractivity contribution in [2.75, 3.05) is 23.7 Å². The number of nitrogens with two attached hydrogens (primary N) is 1. The van der Waals surface area contributed by atoms with Crippen molar-refractivity contribution in [1.29, 1.82) is 0 Å². The van der Waals surface area contributed by atoms with E-state index in [1.165, 1.54) is 0 Å². The van der Waals surface area contributed by atoms with Gasteiger partial charge in [0.15, 0.2) is 0 Å². The first-order valence-electron chi connectivity index (χ1n) is 5.91. The number of nitrogens with zero attached hydrogens (tertiary/aromatic N) is 1. The van der Waals surface area contributed by atoms with Gasteiger partial charge < -0.3 is 20.8 Å². The molecule has 5 heteroatoms. The van der Waals surface area contributed by atoms with Gasteiger partial charge in [-0.1, -0.05) is 26.0 Å². The molecule has 0 aliphatic rings. The lowest BCUT2D eigenvalue weighted by Crippen LogP contribution is -2.38. The van der Waals surface area contributed by atoms with Crippen molar-refractivity contribution >= 4 is 17.3 Å². The van der Waals surface area contributed by atoms with Gasteiger partial charge in [0.05, 0.1) is 17.5 Å². The van der Waals surface area contributed by atoms with Gasteiger partial charge in [0.25, 0.3) is 0 Å². The number of aliphatic hydroxyl groups excluding tert-OH is 1. The first-order valence-corrected chi connectivity index (χ1v) is 5.91. The Morgan fingerprint density at radius 3 is 2.50 bits per heavy atom. The van der Waals surface area contributed by atoms with E-state index >= 15 is 0 Å². The molecule has 0 heterocycles. The number of carboxylic acids is 1. The summed E-state index contributed by atoms with van der Waals surface area (Å²) in [6.07, 6.45) is -0.594. The molecule has 0 saturated carbocycles. The highest BCUT2D eigenvalue weighted by Gasteiger charge is 2.18. The van der Waals surface area contributed by atoms with Crippen LogP contribution < -0.4 is 10.6 Å². The summed E-state index contributed by atoms with van der Waals surface area (Å²) in [5.74, 6) is -0.888. The molecule has 1 atom stereocenters. The maximum absolute atomic E-state index is 10.9. The average Bonchev–Trinajstić information content (AvgIpc) is 2.28. The van der Waals surface area contributed by atoms with Gasteiger partial charge in [0, 0.05) is 6.54 Å². The number of hydrogen-bond donors (Lipinski definition) is 3. The summed E-state index contributed by atoms with van der Waals surface area (Å²) >= 11 is 0.